The first kappa shape index (κ1) is 16.2. The third-order valence-electron chi connectivity index (χ3n) is 4.11. The van der Waals surface area contributed by atoms with Gasteiger partial charge in [0, 0.05) is 31.9 Å². The first-order valence-electron chi connectivity index (χ1n) is 7.72. The lowest BCUT2D eigenvalue weighted by molar-refractivity contribution is 0.0946. The molecular formula is C16H14N6O3S. The Labute approximate surface area is 150 Å². The molecule has 0 saturated heterocycles. The fourth-order valence-corrected chi connectivity index (χ4v) is 3.42. The van der Waals surface area contributed by atoms with E-state index in [0.717, 1.165) is 15.2 Å². The number of carbonyl (C=O) groups excluding carboxylic acids is 1. The quantitative estimate of drug-likeness (QED) is 0.558. The van der Waals surface area contributed by atoms with Crippen molar-refractivity contribution < 1.29 is 4.79 Å². The number of thiazole rings is 1. The monoisotopic (exact) mass is 370 g/mol. The van der Waals surface area contributed by atoms with E-state index < -0.39 is 17.2 Å². The number of hydrogen-bond acceptors (Lipinski definition) is 6. The summed E-state index contributed by atoms with van der Waals surface area (Å²) in [5.74, 6) is -0.406. The number of imidazole rings is 1. The van der Waals surface area contributed by atoms with Gasteiger partial charge in [-0.05, 0) is 12.1 Å². The molecule has 0 unspecified atom stereocenters. The Morgan fingerprint density at radius 3 is 2.77 bits per heavy atom. The molecule has 0 aliphatic heterocycles. The van der Waals surface area contributed by atoms with Crippen molar-refractivity contribution in [2.45, 2.75) is 6.54 Å². The standard InChI is InChI=1S/C16H14N6O3S/c1-20-12-10(14(24)21(2)16(20)25)3-4-11(19-12)13(23)17-7-9-8-22-5-6-26-15(22)18-9/h3-6,8H,7H2,1-2H3,(H,17,23). The average molecular weight is 370 g/mol. The predicted octanol–water partition coefficient (Wildman–Crippen LogP) is 0.271. The molecule has 0 aromatic carbocycles. The second kappa shape index (κ2) is 5.92. The summed E-state index contributed by atoms with van der Waals surface area (Å²) in [5, 5.41) is 4.95. The summed E-state index contributed by atoms with van der Waals surface area (Å²) in [5.41, 5.74) is 0.0913. The average Bonchev–Trinajstić information content (AvgIpc) is 3.23. The zero-order chi connectivity index (χ0) is 18.4. The van der Waals surface area contributed by atoms with E-state index in [1.165, 1.54) is 42.1 Å². The van der Waals surface area contributed by atoms with E-state index in [1.54, 1.807) is 0 Å². The number of nitrogens with one attached hydrogen (secondary N) is 1. The van der Waals surface area contributed by atoms with Crippen LogP contribution in [0, 0.1) is 0 Å². The Bertz CT molecular complexity index is 1250. The molecule has 0 saturated carbocycles. The minimum absolute atomic E-state index is 0.127. The highest BCUT2D eigenvalue weighted by atomic mass is 32.1. The molecule has 0 aliphatic rings. The van der Waals surface area contributed by atoms with Crippen LogP contribution < -0.4 is 16.6 Å². The molecule has 0 atom stereocenters. The van der Waals surface area contributed by atoms with Crippen LogP contribution in [0.1, 0.15) is 16.2 Å². The van der Waals surface area contributed by atoms with Gasteiger partial charge in [-0.1, -0.05) is 0 Å². The number of aryl methyl sites for hydroxylation is 1. The van der Waals surface area contributed by atoms with Crippen molar-refractivity contribution in [2.75, 3.05) is 0 Å². The second-order valence-corrected chi connectivity index (χ2v) is 6.65. The number of hydrogen-bond donors (Lipinski definition) is 1. The molecule has 26 heavy (non-hydrogen) atoms. The molecule has 4 aromatic heterocycles. The van der Waals surface area contributed by atoms with Crippen molar-refractivity contribution in [3.05, 3.63) is 62.1 Å². The summed E-state index contributed by atoms with van der Waals surface area (Å²) >= 11 is 1.51. The van der Waals surface area contributed by atoms with Crippen LogP contribution >= 0.6 is 11.3 Å². The number of amides is 1. The number of rotatable bonds is 3. The fourth-order valence-electron chi connectivity index (χ4n) is 2.70. The molecule has 1 amide bonds. The van der Waals surface area contributed by atoms with Crippen molar-refractivity contribution in [2.24, 2.45) is 14.1 Å². The highest BCUT2D eigenvalue weighted by Gasteiger charge is 2.14. The molecule has 0 spiro atoms. The van der Waals surface area contributed by atoms with E-state index >= 15 is 0 Å². The van der Waals surface area contributed by atoms with Crippen LogP contribution in [-0.2, 0) is 20.6 Å². The van der Waals surface area contributed by atoms with Gasteiger partial charge in [-0.3, -0.25) is 23.1 Å². The Kier molecular flexibility index (Phi) is 3.69. The highest BCUT2D eigenvalue weighted by Crippen LogP contribution is 2.11. The maximum absolute atomic E-state index is 12.4. The third kappa shape index (κ3) is 2.51. The molecular weight excluding hydrogens is 356 g/mol. The first-order valence-corrected chi connectivity index (χ1v) is 8.59. The van der Waals surface area contributed by atoms with Gasteiger partial charge < -0.3 is 5.32 Å². The summed E-state index contributed by atoms with van der Waals surface area (Å²) in [6.07, 6.45) is 3.73. The molecule has 132 valence electrons. The molecule has 0 radical (unpaired) electrons. The van der Waals surface area contributed by atoms with Gasteiger partial charge in [0.2, 0.25) is 0 Å². The summed E-state index contributed by atoms with van der Waals surface area (Å²) in [7, 11) is 2.91. The van der Waals surface area contributed by atoms with Crippen molar-refractivity contribution in [3.8, 4) is 0 Å². The van der Waals surface area contributed by atoms with E-state index in [4.69, 9.17) is 0 Å². The Balaban J connectivity index is 1.63. The van der Waals surface area contributed by atoms with Gasteiger partial charge >= 0.3 is 5.69 Å². The van der Waals surface area contributed by atoms with E-state index in [9.17, 15) is 14.4 Å². The van der Waals surface area contributed by atoms with E-state index in [0.29, 0.717) is 0 Å². The highest BCUT2D eigenvalue weighted by molar-refractivity contribution is 7.15. The summed E-state index contributed by atoms with van der Waals surface area (Å²) < 4.78 is 4.14. The molecule has 0 fully saturated rings. The zero-order valence-electron chi connectivity index (χ0n) is 14.0. The van der Waals surface area contributed by atoms with Crippen molar-refractivity contribution in [1.82, 2.24) is 28.8 Å². The second-order valence-electron chi connectivity index (χ2n) is 5.78. The summed E-state index contributed by atoms with van der Waals surface area (Å²) in [6.45, 7) is 0.252. The van der Waals surface area contributed by atoms with Crippen LogP contribution in [0.25, 0.3) is 16.0 Å². The van der Waals surface area contributed by atoms with Crippen LogP contribution in [0.15, 0.2) is 39.5 Å². The van der Waals surface area contributed by atoms with Gasteiger partial charge in [0.25, 0.3) is 11.5 Å². The molecule has 9 nitrogen and oxygen atoms in total. The number of pyridine rings is 1. The summed E-state index contributed by atoms with van der Waals surface area (Å²) in [4.78, 5) is 46.0. The topological polar surface area (TPSA) is 103 Å². The number of carbonyl (C=O) groups is 1. The maximum Gasteiger partial charge on any atom is 0.332 e. The van der Waals surface area contributed by atoms with Crippen LogP contribution in [0.2, 0.25) is 0 Å². The predicted molar refractivity (Wildman–Crippen MR) is 96.5 cm³/mol. The third-order valence-corrected chi connectivity index (χ3v) is 4.88. The van der Waals surface area contributed by atoms with Crippen molar-refractivity contribution >= 4 is 33.2 Å². The molecule has 4 rings (SSSR count). The van der Waals surface area contributed by atoms with Gasteiger partial charge in [-0.15, -0.1) is 11.3 Å². The minimum atomic E-state index is -0.495. The lowest BCUT2D eigenvalue weighted by Crippen LogP contribution is -2.37. The lowest BCUT2D eigenvalue weighted by Gasteiger charge is -2.08. The molecule has 4 heterocycles. The zero-order valence-corrected chi connectivity index (χ0v) is 14.8. The van der Waals surface area contributed by atoms with Gasteiger partial charge in [-0.25, -0.2) is 14.8 Å². The maximum atomic E-state index is 12.4. The molecule has 1 N–H and O–H groups in total. The number of fused-ring (bicyclic) bond motifs is 2. The van der Waals surface area contributed by atoms with Crippen LogP contribution in [-0.4, -0.2) is 29.4 Å². The van der Waals surface area contributed by atoms with Crippen molar-refractivity contribution in [3.63, 3.8) is 0 Å². The minimum Gasteiger partial charge on any atom is -0.345 e. The van der Waals surface area contributed by atoms with E-state index in [-0.39, 0.29) is 23.3 Å². The van der Waals surface area contributed by atoms with E-state index in [1.807, 2.05) is 22.2 Å². The molecule has 4 aromatic rings. The number of nitrogens with zero attached hydrogens (tertiary/aromatic N) is 5. The van der Waals surface area contributed by atoms with Gasteiger partial charge in [0.05, 0.1) is 17.6 Å². The summed E-state index contributed by atoms with van der Waals surface area (Å²) in [6, 6.07) is 2.97. The van der Waals surface area contributed by atoms with Crippen LogP contribution in [0.3, 0.4) is 0 Å². The Hall–Kier alpha value is -3.27. The largest absolute Gasteiger partial charge is 0.345 e. The van der Waals surface area contributed by atoms with Gasteiger partial charge in [-0.2, -0.15) is 0 Å². The fraction of sp³-hybridized carbons (Fsp3) is 0.188. The van der Waals surface area contributed by atoms with Crippen LogP contribution in [0.5, 0.6) is 0 Å². The first-order chi connectivity index (χ1) is 12.5. The van der Waals surface area contributed by atoms with Gasteiger partial charge in [0.1, 0.15) is 11.3 Å². The van der Waals surface area contributed by atoms with Crippen LogP contribution in [0.4, 0.5) is 0 Å². The SMILES string of the molecule is Cn1c(=O)c2ccc(C(=O)NCc3cn4ccsc4n3)nc2n(C)c1=O. The smallest absolute Gasteiger partial charge is 0.332 e. The van der Waals surface area contributed by atoms with Crippen molar-refractivity contribution in [1.29, 1.82) is 0 Å². The normalized spacial score (nSPS) is 11.3. The molecule has 10 heteroatoms. The lowest BCUT2D eigenvalue weighted by atomic mass is 10.2. The number of aromatic nitrogens is 5. The Morgan fingerprint density at radius 1 is 1.19 bits per heavy atom. The molecule has 0 bridgehead atoms. The molecule has 0 aliphatic carbocycles. The van der Waals surface area contributed by atoms with E-state index in [2.05, 4.69) is 15.3 Å². The Morgan fingerprint density at radius 2 is 2.00 bits per heavy atom. The van der Waals surface area contributed by atoms with Gasteiger partial charge in [0.15, 0.2) is 4.96 Å².